The van der Waals surface area contributed by atoms with Crippen molar-refractivity contribution in [3.8, 4) is 0 Å². The molecule has 27 heavy (non-hydrogen) atoms. The van der Waals surface area contributed by atoms with Crippen molar-refractivity contribution in [3.05, 3.63) is 52.6 Å². The fourth-order valence-electron chi connectivity index (χ4n) is 3.07. The molecule has 1 aromatic carbocycles. The number of anilines is 2. The number of piperidine rings is 1. The van der Waals surface area contributed by atoms with Crippen LogP contribution in [0.2, 0.25) is 0 Å². The minimum absolute atomic E-state index is 0.00595. The van der Waals surface area contributed by atoms with Crippen molar-refractivity contribution >= 4 is 39.2 Å². The molecule has 2 amide bonds. The Morgan fingerprint density at radius 2 is 1.81 bits per heavy atom. The van der Waals surface area contributed by atoms with E-state index < -0.39 is 0 Å². The van der Waals surface area contributed by atoms with Crippen molar-refractivity contribution in [1.82, 2.24) is 9.88 Å². The standard InChI is InChI=1S/C20H23BrN4O2/c1-14-2-5-17(6-3-14)23-19(26)13-25-10-8-15(9-11-25)20(27)24-18-7-4-16(21)12-22-18/h2-7,12,15H,8-11,13H2,1H3,(H,23,26)(H,22,24,27). The molecule has 1 fully saturated rings. The van der Waals surface area contributed by atoms with Crippen LogP contribution in [-0.2, 0) is 9.59 Å². The van der Waals surface area contributed by atoms with E-state index in [1.807, 2.05) is 37.3 Å². The van der Waals surface area contributed by atoms with Crippen LogP contribution in [0.5, 0.6) is 0 Å². The van der Waals surface area contributed by atoms with Crippen LogP contribution >= 0.6 is 15.9 Å². The van der Waals surface area contributed by atoms with E-state index >= 15 is 0 Å². The number of carbonyl (C=O) groups excluding carboxylic acids is 2. The van der Waals surface area contributed by atoms with E-state index in [9.17, 15) is 9.59 Å². The third-order valence-electron chi connectivity index (χ3n) is 4.64. The third kappa shape index (κ3) is 5.87. The van der Waals surface area contributed by atoms with Crippen molar-refractivity contribution in [2.45, 2.75) is 19.8 Å². The molecule has 2 N–H and O–H groups in total. The van der Waals surface area contributed by atoms with Gasteiger partial charge in [0.2, 0.25) is 11.8 Å². The predicted octanol–water partition coefficient (Wildman–Crippen LogP) is 3.44. The molecular weight excluding hydrogens is 408 g/mol. The van der Waals surface area contributed by atoms with Crippen LogP contribution in [0.4, 0.5) is 11.5 Å². The molecule has 0 bridgehead atoms. The Hall–Kier alpha value is -2.25. The fraction of sp³-hybridized carbons (Fsp3) is 0.350. The number of aromatic nitrogens is 1. The van der Waals surface area contributed by atoms with E-state index in [2.05, 4.69) is 36.4 Å². The van der Waals surface area contributed by atoms with Gasteiger partial charge in [-0.15, -0.1) is 0 Å². The third-order valence-corrected chi connectivity index (χ3v) is 5.11. The molecule has 0 saturated carbocycles. The summed E-state index contributed by atoms with van der Waals surface area (Å²) in [4.78, 5) is 30.9. The van der Waals surface area contributed by atoms with Crippen molar-refractivity contribution in [2.24, 2.45) is 5.92 Å². The molecule has 142 valence electrons. The average Bonchev–Trinajstić information content (AvgIpc) is 2.66. The van der Waals surface area contributed by atoms with Gasteiger partial charge in [-0.2, -0.15) is 0 Å². The first-order chi connectivity index (χ1) is 13.0. The Morgan fingerprint density at radius 1 is 1.11 bits per heavy atom. The van der Waals surface area contributed by atoms with Crippen molar-refractivity contribution < 1.29 is 9.59 Å². The van der Waals surface area contributed by atoms with E-state index in [-0.39, 0.29) is 17.7 Å². The fourth-order valence-corrected chi connectivity index (χ4v) is 3.31. The zero-order valence-electron chi connectivity index (χ0n) is 15.2. The maximum Gasteiger partial charge on any atom is 0.238 e. The molecule has 2 heterocycles. The SMILES string of the molecule is Cc1ccc(NC(=O)CN2CCC(C(=O)Nc3ccc(Br)cn3)CC2)cc1. The molecule has 1 aliphatic rings. The first-order valence-corrected chi connectivity index (χ1v) is 9.80. The molecule has 1 aliphatic heterocycles. The molecule has 2 aromatic rings. The molecule has 3 rings (SSSR count). The summed E-state index contributed by atoms with van der Waals surface area (Å²) < 4.78 is 0.873. The van der Waals surface area contributed by atoms with Crippen LogP contribution in [0.25, 0.3) is 0 Å². The zero-order chi connectivity index (χ0) is 19.2. The smallest absolute Gasteiger partial charge is 0.238 e. The summed E-state index contributed by atoms with van der Waals surface area (Å²) in [6, 6.07) is 11.4. The number of pyridine rings is 1. The van der Waals surface area contributed by atoms with Crippen LogP contribution in [0.15, 0.2) is 47.1 Å². The summed E-state index contributed by atoms with van der Waals surface area (Å²) in [5.41, 5.74) is 1.97. The lowest BCUT2D eigenvalue weighted by molar-refractivity contribution is -0.121. The van der Waals surface area contributed by atoms with Gasteiger partial charge in [-0.1, -0.05) is 17.7 Å². The Labute approximate surface area is 167 Å². The van der Waals surface area contributed by atoms with E-state index in [4.69, 9.17) is 0 Å². The second-order valence-electron chi connectivity index (χ2n) is 6.82. The van der Waals surface area contributed by atoms with Gasteiger partial charge in [0, 0.05) is 22.3 Å². The lowest BCUT2D eigenvalue weighted by Gasteiger charge is -2.30. The molecule has 6 nitrogen and oxygen atoms in total. The summed E-state index contributed by atoms with van der Waals surface area (Å²) in [6.07, 6.45) is 3.13. The van der Waals surface area contributed by atoms with Crippen molar-refractivity contribution in [2.75, 3.05) is 30.3 Å². The topological polar surface area (TPSA) is 74.3 Å². The molecule has 1 aromatic heterocycles. The highest BCUT2D eigenvalue weighted by Gasteiger charge is 2.26. The number of nitrogens with zero attached hydrogens (tertiary/aromatic N) is 2. The summed E-state index contributed by atoms with van der Waals surface area (Å²) in [7, 11) is 0. The van der Waals surface area contributed by atoms with Crippen LogP contribution < -0.4 is 10.6 Å². The highest BCUT2D eigenvalue weighted by molar-refractivity contribution is 9.10. The number of nitrogens with one attached hydrogen (secondary N) is 2. The van der Waals surface area contributed by atoms with E-state index in [1.165, 1.54) is 0 Å². The molecule has 0 unspecified atom stereocenters. The Kier molecular flexibility index (Phi) is 6.58. The maximum absolute atomic E-state index is 12.4. The monoisotopic (exact) mass is 430 g/mol. The number of hydrogen-bond acceptors (Lipinski definition) is 4. The second-order valence-corrected chi connectivity index (χ2v) is 7.73. The van der Waals surface area contributed by atoms with Gasteiger partial charge < -0.3 is 10.6 Å². The Bertz CT molecular complexity index is 785. The number of halogens is 1. The number of likely N-dealkylation sites (tertiary alicyclic amines) is 1. The molecular formula is C20H23BrN4O2. The highest BCUT2D eigenvalue weighted by Crippen LogP contribution is 2.19. The maximum atomic E-state index is 12.4. The number of hydrogen-bond donors (Lipinski definition) is 2. The minimum atomic E-state index is -0.0492. The highest BCUT2D eigenvalue weighted by atomic mass is 79.9. The number of amides is 2. The van der Waals surface area contributed by atoms with E-state index in [0.717, 1.165) is 41.7 Å². The number of benzene rings is 1. The van der Waals surface area contributed by atoms with Gasteiger partial charge in [0.25, 0.3) is 0 Å². The number of aryl methyl sites for hydroxylation is 1. The van der Waals surface area contributed by atoms with Gasteiger partial charge >= 0.3 is 0 Å². The lowest BCUT2D eigenvalue weighted by atomic mass is 9.96. The molecule has 0 aliphatic carbocycles. The first kappa shape index (κ1) is 19.5. The summed E-state index contributed by atoms with van der Waals surface area (Å²) in [6.45, 7) is 3.82. The molecule has 0 spiro atoms. The van der Waals surface area contributed by atoms with Gasteiger partial charge in [-0.25, -0.2) is 4.98 Å². The normalized spacial score (nSPS) is 15.3. The molecule has 0 atom stereocenters. The predicted molar refractivity (Wildman–Crippen MR) is 110 cm³/mol. The summed E-state index contributed by atoms with van der Waals surface area (Å²) in [5, 5.41) is 5.78. The van der Waals surface area contributed by atoms with Crippen molar-refractivity contribution in [1.29, 1.82) is 0 Å². The minimum Gasteiger partial charge on any atom is -0.325 e. The van der Waals surface area contributed by atoms with Crippen LogP contribution in [-0.4, -0.2) is 41.3 Å². The van der Waals surface area contributed by atoms with E-state index in [0.29, 0.717) is 12.4 Å². The first-order valence-electron chi connectivity index (χ1n) is 9.01. The number of rotatable bonds is 5. The van der Waals surface area contributed by atoms with Gasteiger partial charge in [0.15, 0.2) is 0 Å². The average molecular weight is 431 g/mol. The number of carbonyl (C=O) groups is 2. The van der Waals surface area contributed by atoms with Crippen LogP contribution in [0.3, 0.4) is 0 Å². The van der Waals surface area contributed by atoms with Gasteiger partial charge in [0.1, 0.15) is 5.82 Å². The van der Waals surface area contributed by atoms with Crippen molar-refractivity contribution in [3.63, 3.8) is 0 Å². The second kappa shape index (κ2) is 9.10. The Morgan fingerprint density at radius 3 is 2.44 bits per heavy atom. The van der Waals surface area contributed by atoms with Gasteiger partial charge in [-0.3, -0.25) is 14.5 Å². The summed E-state index contributed by atoms with van der Waals surface area (Å²) >= 11 is 3.32. The van der Waals surface area contributed by atoms with Crippen LogP contribution in [0, 0.1) is 12.8 Å². The van der Waals surface area contributed by atoms with E-state index in [1.54, 1.807) is 12.3 Å². The molecule has 0 radical (unpaired) electrons. The molecule has 7 heteroatoms. The zero-order valence-corrected chi connectivity index (χ0v) is 16.8. The lowest BCUT2D eigenvalue weighted by Crippen LogP contribution is -2.41. The Balaban J connectivity index is 1.42. The summed E-state index contributed by atoms with van der Waals surface area (Å²) in [5.74, 6) is 0.476. The largest absolute Gasteiger partial charge is 0.325 e. The van der Waals surface area contributed by atoms with Crippen LogP contribution in [0.1, 0.15) is 18.4 Å². The van der Waals surface area contributed by atoms with Gasteiger partial charge in [-0.05, 0) is 73.1 Å². The van der Waals surface area contributed by atoms with Gasteiger partial charge in [0.05, 0.1) is 6.54 Å². The quantitative estimate of drug-likeness (QED) is 0.761. The molecule has 1 saturated heterocycles.